The minimum atomic E-state index is -0.174. The predicted octanol–water partition coefficient (Wildman–Crippen LogP) is 3.17. The second-order valence-corrected chi connectivity index (χ2v) is 10.3. The van der Waals surface area contributed by atoms with Gasteiger partial charge < -0.3 is 24.0 Å². The second kappa shape index (κ2) is 7.38. The molecule has 2 N–H and O–H groups in total. The predicted molar refractivity (Wildman–Crippen MR) is 134 cm³/mol. The fourth-order valence-corrected chi connectivity index (χ4v) is 5.93. The van der Waals surface area contributed by atoms with Crippen LogP contribution in [-0.4, -0.2) is 52.0 Å². The lowest BCUT2D eigenvalue weighted by Crippen LogP contribution is -2.36. The number of hydrogen-bond acceptors (Lipinski definition) is 6. The summed E-state index contributed by atoms with van der Waals surface area (Å²) in [4.78, 5) is 48.0. The summed E-state index contributed by atoms with van der Waals surface area (Å²) >= 11 is 1.25. The van der Waals surface area contributed by atoms with Crippen molar-refractivity contribution in [1.29, 1.82) is 0 Å². The molecule has 2 aliphatic carbocycles. The first-order valence-electron chi connectivity index (χ1n) is 12.0. The van der Waals surface area contributed by atoms with Gasteiger partial charge in [0.15, 0.2) is 5.49 Å². The Bertz CT molecular complexity index is 1760. The van der Waals surface area contributed by atoms with Gasteiger partial charge in [-0.1, -0.05) is 11.3 Å². The third-order valence-electron chi connectivity index (χ3n) is 6.98. The van der Waals surface area contributed by atoms with E-state index in [0.29, 0.717) is 45.2 Å². The molecule has 5 aromatic heterocycles. The number of nitrogens with zero attached hydrogens (tertiary/aromatic N) is 6. The topological polar surface area (TPSA) is 117 Å². The maximum Gasteiger partial charge on any atom is 0.271 e. The van der Waals surface area contributed by atoms with Crippen molar-refractivity contribution in [3.63, 3.8) is 0 Å². The monoisotopic (exact) mass is 488 g/mol. The first kappa shape index (κ1) is 20.6. The van der Waals surface area contributed by atoms with E-state index in [1.54, 1.807) is 18.6 Å². The molecule has 2 aliphatic rings. The summed E-state index contributed by atoms with van der Waals surface area (Å²) < 4.78 is 4.61. The van der Waals surface area contributed by atoms with Crippen molar-refractivity contribution in [2.45, 2.75) is 51.2 Å². The third-order valence-corrected chi connectivity index (χ3v) is 7.94. The highest BCUT2D eigenvalue weighted by atomic mass is 32.1. The molecule has 7 rings (SSSR count). The van der Waals surface area contributed by atoms with Gasteiger partial charge in [0.25, 0.3) is 11.5 Å². The third kappa shape index (κ3) is 3.10. The van der Waals surface area contributed by atoms with Crippen molar-refractivity contribution in [3.05, 3.63) is 46.2 Å². The molecular formula is C24H24N8O2S. The van der Waals surface area contributed by atoms with Crippen molar-refractivity contribution in [3.8, 4) is 0 Å². The van der Waals surface area contributed by atoms with E-state index >= 15 is 0 Å². The van der Waals surface area contributed by atoms with Crippen LogP contribution in [0.15, 0.2) is 34.4 Å². The van der Waals surface area contributed by atoms with Crippen molar-refractivity contribution in [2.75, 3.05) is 0 Å². The van der Waals surface area contributed by atoms with Crippen molar-refractivity contribution >= 4 is 54.7 Å². The van der Waals surface area contributed by atoms with Crippen molar-refractivity contribution < 1.29 is 4.79 Å². The molecule has 5 heterocycles. The Kier molecular flexibility index (Phi) is 4.35. The van der Waals surface area contributed by atoms with Crippen LogP contribution in [0.2, 0.25) is 0 Å². The molecule has 178 valence electrons. The fraction of sp³-hybridized carbons (Fsp3) is 0.375. The van der Waals surface area contributed by atoms with Crippen LogP contribution in [-0.2, 0) is 13.6 Å². The van der Waals surface area contributed by atoms with Crippen LogP contribution in [0, 0.1) is 0 Å². The summed E-state index contributed by atoms with van der Waals surface area (Å²) in [6.45, 7) is 2.70. The largest absolute Gasteiger partial charge is 0.342 e. The van der Waals surface area contributed by atoms with Crippen LogP contribution in [0.25, 0.3) is 32.3 Å². The average molecular weight is 489 g/mol. The number of carbonyl (C=O) groups excluding carboxylic acids is 1. The molecule has 1 amide bonds. The molecule has 0 radical (unpaired) electrons. The lowest BCUT2D eigenvalue weighted by molar-refractivity contribution is 0.0719. The molecule has 2 saturated carbocycles. The van der Waals surface area contributed by atoms with Crippen LogP contribution < -0.4 is 11.0 Å². The molecular weight excluding hydrogens is 464 g/mol. The molecule has 5 aromatic rings. The number of thiazole rings is 1. The first-order chi connectivity index (χ1) is 17.0. The molecule has 0 spiro atoms. The van der Waals surface area contributed by atoms with Gasteiger partial charge in [0.2, 0.25) is 5.13 Å². The fourth-order valence-electron chi connectivity index (χ4n) is 5.10. The number of fused-ring (bicyclic) bond motifs is 4. The molecule has 0 aliphatic heterocycles. The number of aromatic nitrogens is 6. The quantitative estimate of drug-likeness (QED) is 0.395. The van der Waals surface area contributed by atoms with Crippen LogP contribution in [0.3, 0.4) is 0 Å². The standard InChI is InChI=1S/C24H24N8O2S/c1-3-31-16(23(34)32(12-4-5-12)13-6-7-13)10-14-17-18(27-11-26-17)20(30(2)22(14)31)29-24-28-15-8-9-25-21(33)19(15)35-24/h8-13H,3-7H2,1-2H3,(H,25,33)(H,26,27). The number of hydrogen-bond donors (Lipinski definition) is 2. The zero-order valence-corrected chi connectivity index (χ0v) is 20.2. The zero-order chi connectivity index (χ0) is 23.8. The maximum absolute atomic E-state index is 13.8. The molecule has 0 aromatic carbocycles. The number of aromatic amines is 2. The highest BCUT2D eigenvalue weighted by molar-refractivity contribution is 7.21. The molecule has 0 saturated heterocycles. The maximum atomic E-state index is 13.8. The first-order valence-corrected chi connectivity index (χ1v) is 12.8. The summed E-state index contributed by atoms with van der Waals surface area (Å²) in [6.07, 6.45) is 7.63. The van der Waals surface area contributed by atoms with Gasteiger partial charge in [0.05, 0.1) is 11.8 Å². The van der Waals surface area contributed by atoms with Crippen LogP contribution in [0.5, 0.6) is 0 Å². The molecule has 11 heteroatoms. The van der Waals surface area contributed by atoms with E-state index in [0.717, 1.165) is 47.8 Å². The Labute approximate surface area is 203 Å². The number of pyridine rings is 2. The van der Waals surface area contributed by atoms with E-state index in [1.807, 2.05) is 17.7 Å². The van der Waals surface area contributed by atoms with E-state index in [1.165, 1.54) is 11.3 Å². The molecule has 35 heavy (non-hydrogen) atoms. The highest BCUT2D eigenvalue weighted by Crippen LogP contribution is 2.39. The summed E-state index contributed by atoms with van der Waals surface area (Å²) in [5.41, 5.74) is 4.21. The summed E-state index contributed by atoms with van der Waals surface area (Å²) in [6, 6.07) is 4.52. The number of H-pyrrole nitrogens is 2. The Morgan fingerprint density at radius 2 is 2.03 bits per heavy atom. The Morgan fingerprint density at radius 3 is 2.71 bits per heavy atom. The minimum absolute atomic E-state index is 0.112. The smallest absolute Gasteiger partial charge is 0.271 e. The Balaban J connectivity index is 1.48. The summed E-state index contributed by atoms with van der Waals surface area (Å²) in [5, 5.41) is 1.40. The highest BCUT2D eigenvalue weighted by Gasteiger charge is 2.43. The number of amides is 1. The van der Waals surface area contributed by atoms with Crippen molar-refractivity contribution in [2.24, 2.45) is 12.0 Å². The average Bonchev–Trinajstić information content (AvgIpc) is 3.72. The van der Waals surface area contributed by atoms with Gasteiger partial charge in [-0.05, 0) is 44.7 Å². The number of rotatable bonds is 5. The normalized spacial score (nSPS) is 16.7. The van der Waals surface area contributed by atoms with E-state index in [-0.39, 0.29) is 11.5 Å². The van der Waals surface area contributed by atoms with Gasteiger partial charge >= 0.3 is 0 Å². The van der Waals surface area contributed by atoms with E-state index in [9.17, 15) is 9.59 Å². The Morgan fingerprint density at radius 1 is 1.26 bits per heavy atom. The van der Waals surface area contributed by atoms with Crippen LogP contribution in [0.4, 0.5) is 5.13 Å². The lowest BCUT2D eigenvalue weighted by atomic mass is 10.2. The Hall–Kier alpha value is -3.73. The van der Waals surface area contributed by atoms with Gasteiger partial charge in [-0.3, -0.25) is 9.59 Å². The van der Waals surface area contributed by atoms with Gasteiger partial charge in [0.1, 0.15) is 27.1 Å². The minimum Gasteiger partial charge on any atom is -0.342 e. The van der Waals surface area contributed by atoms with Crippen LogP contribution in [0.1, 0.15) is 43.1 Å². The van der Waals surface area contributed by atoms with E-state index < -0.39 is 0 Å². The molecule has 2 fully saturated rings. The summed E-state index contributed by atoms with van der Waals surface area (Å²) in [7, 11) is 1.95. The number of nitrogens with one attached hydrogen (secondary N) is 2. The number of imidazole rings is 1. The van der Waals surface area contributed by atoms with E-state index in [4.69, 9.17) is 4.99 Å². The second-order valence-electron chi connectivity index (χ2n) is 9.32. The number of carbonyl (C=O) groups is 1. The van der Waals surface area contributed by atoms with Gasteiger partial charge in [-0.2, -0.15) is 4.99 Å². The van der Waals surface area contributed by atoms with Gasteiger partial charge in [-0.15, -0.1) is 0 Å². The molecule has 0 atom stereocenters. The molecule has 10 nitrogen and oxygen atoms in total. The number of aryl methyl sites for hydroxylation is 2. The molecule has 0 unspecified atom stereocenters. The SMILES string of the molecule is CCn1c(C(=O)N(C2CC2)C2CC2)cc2c3nc[nH]c3c(=Nc3nc4cc[nH]c(=O)c4s3)n(C)c21. The van der Waals surface area contributed by atoms with Gasteiger partial charge in [-0.25, -0.2) is 9.97 Å². The molecule has 0 bridgehead atoms. The lowest BCUT2D eigenvalue weighted by Gasteiger charge is -2.23. The summed E-state index contributed by atoms with van der Waals surface area (Å²) in [5.74, 6) is 0.112. The van der Waals surface area contributed by atoms with E-state index in [2.05, 4.69) is 36.3 Å². The van der Waals surface area contributed by atoms with Crippen LogP contribution >= 0.6 is 11.3 Å². The zero-order valence-electron chi connectivity index (χ0n) is 19.4. The van der Waals surface area contributed by atoms with Gasteiger partial charge in [0, 0.05) is 37.3 Å². The van der Waals surface area contributed by atoms with Crippen molar-refractivity contribution in [1.82, 2.24) is 34.0 Å².